The van der Waals surface area contributed by atoms with Crippen LogP contribution in [0.1, 0.15) is 10.4 Å². The molecule has 0 aliphatic carbocycles. The molecule has 3 heteroatoms. The van der Waals surface area contributed by atoms with Crippen LogP contribution in [-0.4, -0.2) is 11.1 Å². The van der Waals surface area contributed by atoms with Gasteiger partial charge in [-0.15, -0.1) is 0 Å². The molecular weight excluding hydrogens is 268 g/mol. The van der Waals surface area contributed by atoms with Crippen molar-refractivity contribution >= 4 is 21.9 Å². The second-order valence-electron chi connectivity index (χ2n) is 3.37. The van der Waals surface area contributed by atoms with E-state index >= 15 is 0 Å². The molecule has 0 spiro atoms. The van der Waals surface area contributed by atoms with Crippen LogP contribution < -0.4 is 0 Å². The van der Waals surface area contributed by atoms with E-state index < -0.39 is 5.97 Å². The van der Waals surface area contributed by atoms with Gasteiger partial charge in [-0.1, -0.05) is 52.3 Å². The summed E-state index contributed by atoms with van der Waals surface area (Å²) in [6, 6.07) is 14.9. The van der Waals surface area contributed by atoms with Crippen LogP contribution in [0.3, 0.4) is 0 Å². The summed E-state index contributed by atoms with van der Waals surface area (Å²) in [6.07, 6.45) is 0. The zero-order valence-electron chi connectivity index (χ0n) is 8.35. The monoisotopic (exact) mass is 276 g/mol. The number of carboxylic acids is 1. The lowest BCUT2D eigenvalue weighted by Crippen LogP contribution is -1.95. The minimum absolute atomic E-state index is 0.284. The van der Waals surface area contributed by atoms with Crippen LogP contribution in [0.25, 0.3) is 11.1 Å². The Morgan fingerprint density at radius 3 is 2.31 bits per heavy atom. The molecule has 0 aliphatic heterocycles. The first kappa shape index (κ1) is 10.9. The Balaban J connectivity index is 2.48. The minimum Gasteiger partial charge on any atom is -0.478 e. The second kappa shape index (κ2) is 4.49. The summed E-state index contributed by atoms with van der Waals surface area (Å²) in [5, 5.41) is 8.85. The summed E-state index contributed by atoms with van der Waals surface area (Å²) in [5.41, 5.74) is 2.34. The summed E-state index contributed by atoms with van der Waals surface area (Å²) < 4.78 is 0.790. The third-order valence-electron chi connectivity index (χ3n) is 2.30. The van der Waals surface area contributed by atoms with E-state index in [2.05, 4.69) is 15.9 Å². The van der Waals surface area contributed by atoms with Gasteiger partial charge >= 0.3 is 5.97 Å². The molecule has 0 saturated heterocycles. The van der Waals surface area contributed by atoms with Gasteiger partial charge in [-0.2, -0.15) is 0 Å². The maximum atomic E-state index is 10.8. The predicted molar refractivity (Wildman–Crippen MR) is 66.5 cm³/mol. The first-order valence-corrected chi connectivity index (χ1v) is 5.56. The van der Waals surface area contributed by atoms with Crippen molar-refractivity contribution in [2.24, 2.45) is 0 Å². The maximum Gasteiger partial charge on any atom is 0.335 e. The van der Waals surface area contributed by atoms with Crippen LogP contribution in [0, 0.1) is 0 Å². The molecule has 0 fully saturated rings. The highest BCUT2D eigenvalue weighted by molar-refractivity contribution is 9.10. The molecule has 1 N–H and O–H groups in total. The predicted octanol–water partition coefficient (Wildman–Crippen LogP) is 3.81. The molecule has 0 unspecified atom stereocenters. The molecule has 0 radical (unpaired) electrons. The second-order valence-corrected chi connectivity index (χ2v) is 4.22. The first-order valence-electron chi connectivity index (χ1n) is 4.77. The summed E-state index contributed by atoms with van der Waals surface area (Å²) in [6.45, 7) is 0. The highest BCUT2D eigenvalue weighted by atomic mass is 79.9. The smallest absolute Gasteiger partial charge is 0.335 e. The van der Waals surface area contributed by atoms with Gasteiger partial charge in [0.2, 0.25) is 0 Å². The van der Waals surface area contributed by atoms with Crippen LogP contribution in [-0.2, 0) is 0 Å². The molecule has 0 heterocycles. The van der Waals surface area contributed by atoms with E-state index in [-0.39, 0.29) is 5.56 Å². The molecule has 0 atom stereocenters. The molecule has 16 heavy (non-hydrogen) atoms. The number of benzene rings is 2. The molecule has 0 aromatic heterocycles. The maximum absolute atomic E-state index is 10.8. The molecule has 0 amide bonds. The third-order valence-corrected chi connectivity index (χ3v) is 2.96. The van der Waals surface area contributed by atoms with Gasteiger partial charge < -0.3 is 5.11 Å². The largest absolute Gasteiger partial charge is 0.478 e. The van der Waals surface area contributed by atoms with Gasteiger partial charge in [0.1, 0.15) is 0 Å². The van der Waals surface area contributed by atoms with Crippen LogP contribution in [0.15, 0.2) is 53.0 Å². The Bertz CT molecular complexity index is 521. The quantitative estimate of drug-likeness (QED) is 0.906. The molecule has 2 aromatic carbocycles. The van der Waals surface area contributed by atoms with Crippen molar-refractivity contribution in [1.29, 1.82) is 0 Å². The molecule has 0 saturated carbocycles. The summed E-state index contributed by atoms with van der Waals surface area (Å²) in [5.74, 6) is -0.916. The lowest BCUT2D eigenvalue weighted by atomic mass is 10.0. The van der Waals surface area contributed by atoms with Crippen molar-refractivity contribution in [3.63, 3.8) is 0 Å². The SMILES string of the molecule is O=C(O)c1ccc(-c2ccccc2)c(Br)c1. The van der Waals surface area contributed by atoms with Crippen LogP contribution >= 0.6 is 15.9 Å². The standard InChI is InChI=1S/C13H9BrO2/c14-12-8-10(13(15)16)6-7-11(12)9-4-2-1-3-5-9/h1-8H,(H,15,16). The number of hydrogen-bond acceptors (Lipinski definition) is 1. The summed E-state index contributed by atoms with van der Waals surface area (Å²) in [4.78, 5) is 10.8. The normalized spacial score (nSPS) is 10.1. The van der Waals surface area contributed by atoms with E-state index in [1.54, 1.807) is 12.1 Å². The van der Waals surface area contributed by atoms with Crippen molar-refractivity contribution < 1.29 is 9.90 Å². The van der Waals surface area contributed by atoms with E-state index in [1.807, 2.05) is 36.4 Å². The summed E-state index contributed by atoms with van der Waals surface area (Å²) in [7, 11) is 0. The number of halogens is 1. The van der Waals surface area contributed by atoms with Gasteiger partial charge in [0.05, 0.1) is 5.56 Å². The Hall–Kier alpha value is -1.61. The Morgan fingerprint density at radius 2 is 1.75 bits per heavy atom. The highest BCUT2D eigenvalue weighted by Gasteiger charge is 2.07. The number of carbonyl (C=O) groups is 1. The van der Waals surface area contributed by atoms with Gasteiger partial charge in [-0.3, -0.25) is 0 Å². The third kappa shape index (κ3) is 2.14. The van der Waals surface area contributed by atoms with E-state index in [9.17, 15) is 4.79 Å². The Labute approximate surface area is 102 Å². The van der Waals surface area contributed by atoms with Crippen molar-refractivity contribution in [2.75, 3.05) is 0 Å². The van der Waals surface area contributed by atoms with Gasteiger partial charge in [-0.25, -0.2) is 4.79 Å². The number of aromatic carboxylic acids is 1. The first-order chi connectivity index (χ1) is 7.68. The lowest BCUT2D eigenvalue weighted by molar-refractivity contribution is 0.0697. The minimum atomic E-state index is -0.916. The van der Waals surface area contributed by atoms with E-state index in [0.717, 1.165) is 15.6 Å². The molecule has 0 bridgehead atoms. The Kier molecular flexibility index (Phi) is 3.06. The van der Waals surface area contributed by atoms with Gasteiger partial charge in [-0.05, 0) is 23.3 Å². The zero-order valence-corrected chi connectivity index (χ0v) is 9.94. The van der Waals surface area contributed by atoms with Gasteiger partial charge in [0.15, 0.2) is 0 Å². The zero-order chi connectivity index (χ0) is 11.5. The summed E-state index contributed by atoms with van der Waals surface area (Å²) >= 11 is 3.39. The highest BCUT2D eigenvalue weighted by Crippen LogP contribution is 2.28. The Morgan fingerprint density at radius 1 is 1.06 bits per heavy atom. The van der Waals surface area contributed by atoms with E-state index in [1.165, 1.54) is 0 Å². The average Bonchev–Trinajstić information content (AvgIpc) is 2.30. The molecular formula is C13H9BrO2. The molecule has 80 valence electrons. The molecule has 2 nitrogen and oxygen atoms in total. The van der Waals surface area contributed by atoms with Gasteiger partial charge in [0.25, 0.3) is 0 Å². The van der Waals surface area contributed by atoms with Crippen molar-refractivity contribution in [3.8, 4) is 11.1 Å². The van der Waals surface area contributed by atoms with Crippen LogP contribution in [0.4, 0.5) is 0 Å². The number of carboxylic acid groups (broad SMARTS) is 1. The van der Waals surface area contributed by atoms with E-state index in [4.69, 9.17) is 5.11 Å². The van der Waals surface area contributed by atoms with Crippen molar-refractivity contribution in [3.05, 3.63) is 58.6 Å². The molecule has 2 aromatic rings. The van der Waals surface area contributed by atoms with E-state index in [0.29, 0.717) is 0 Å². The average molecular weight is 277 g/mol. The molecule has 0 aliphatic rings. The van der Waals surface area contributed by atoms with Crippen molar-refractivity contribution in [2.45, 2.75) is 0 Å². The van der Waals surface area contributed by atoms with Gasteiger partial charge in [0, 0.05) is 4.47 Å². The molecule has 2 rings (SSSR count). The fraction of sp³-hybridized carbons (Fsp3) is 0. The van der Waals surface area contributed by atoms with Crippen molar-refractivity contribution in [1.82, 2.24) is 0 Å². The lowest BCUT2D eigenvalue weighted by Gasteiger charge is -2.05. The fourth-order valence-electron chi connectivity index (χ4n) is 1.50. The topological polar surface area (TPSA) is 37.3 Å². The number of hydrogen-bond donors (Lipinski definition) is 1. The van der Waals surface area contributed by atoms with Crippen LogP contribution in [0.2, 0.25) is 0 Å². The fourth-order valence-corrected chi connectivity index (χ4v) is 2.11. The van der Waals surface area contributed by atoms with Crippen LogP contribution in [0.5, 0.6) is 0 Å². The number of rotatable bonds is 2.